The molecule has 3 rings (SSSR count). The summed E-state index contributed by atoms with van der Waals surface area (Å²) in [5.41, 5.74) is 1.02. The Balaban J connectivity index is 1.99. The number of anilines is 1. The fourth-order valence-electron chi connectivity index (χ4n) is 2.38. The van der Waals surface area contributed by atoms with Crippen LogP contribution in [0.15, 0.2) is 42.5 Å². The Morgan fingerprint density at radius 3 is 2.74 bits per heavy atom. The van der Waals surface area contributed by atoms with Crippen LogP contribution < -0.4 is 4.90 Å². The average Bonchev–Trinajstić information content (AvgIpc) is 2.97. The summed E-state index contributed by atoms with van der Waals surface area (Å²) in [6.07, 6.45) is 0. The van der Waals surface area contributed by atoms with Gasteiger partial charge in [-0.05, 0) is 31.2 Å². The zero-order chi connectivity index (χ0) is 16.6. The van der Waals surface area contributed by atoms with Gasteiger partial charge < -0.3 is 4.90 Å². The summed E-state index contributed by atoms with van der Waals surface area (Å²) in [4.78, 5) is 16.9. The second-order valence-corrected chi connectivity index (χ2v) is 6.26. The van der Waals surface area contributed by atoms with Crippen molar-refractivity contribution < 1.29 is 9.31 Å². The Morgan fingerprint density at radius 1 is 1.30 bits per heavy atom. The second-order valence-electron chi connectivity index (χ2n) is 5.20. The van der Waals surface area contributed by atoms with E-state index in [0.29, 0.717) is 5.69 Å². The van der Waals surface area contributed by atoms with E-state index in [1.807, 2.05) is 31.2 Å². The fraction of sp³-hybridized carbons (Fsp3) is 0.188. The molecule has 0 aliphatic carbocycles. The van der Waals surface area contributed by atoms with Gasteiger partial charge in [0.15, 0.2) is 0 Å². The van der Waals surface area contributed by atoms with Gasteiger partial charge in [-0.15, -0.1) is 11.3 Å². The third kappa shape index (κ3) is 2.87. The Hall–Kier alpha value is -2.54. The largest absolute Gasteiger partial charge is 0.360 e. The van der Waals surface area contributed by atoms with E-state index in [0.717, 1.165) is 21.3 Å². The quantitative estimate of drug-likeness (QED) is 0.520. The molecule has 0 spiro atoms. The predicted octanol–water partition coefficient (Wildman–Crippen LogP) is 4.54. The van der Waals surface area contributed by atoms with Crippen LogP contribution in [-0.2, 0) is 0 Å². The van der Waals surface area contributed by atoms with E-state index in [4.69, 9.17) is 0 Å². The maximum absolute atomic E-state index is 13.3. The number of fused-ring (bicyclic) bond motifs is 1. The number of para-hydroxylation sites is 1. The molecule has 1 atom stereocenters. The first-order valence-corrected chi connectivity index (χ1v) is 7.81. The molecule has 0 bridgehead atoms. The molecule has 1 aromatic heterocycles. The molecule has 0 saturated carbocycles. The van der Waals surface area contributed by atoms with Crippen molar-refractivity contribution in [3.8, 4) is 0 Å². The number of hydrogen-bond acceptors (Lipinski definition) is 5. The Kier molecular flexibility index (Phi) is 3.96. The summed E-state index contributed by atoms with van der Waals surface area (Å²) in [5.74, 6) is -0.624. The summed E-state index contributed by atoms with van der Waals surface area (Å²) in [5, 5.41) is 12.0. The van der Waals surface area contributed by atoms with Crippen LogP contribution in [-0.4, -0.2) is 17.0 Å². The molecule has 0 saturated heterocycles. The van der Waals surface area contributed by atoms with Crippen molar-refractivity contribution in [3.05, 3.63) is 63.4 Å². The van der Waals surface area contributed by atoms with Crippen LogP contribution >= 0.6 is 11.3 Å². The molecule has 0 fully saturated rings. The van der Waals surface area contributed by atoms with Crippen LogP contribution in [0.3, 0.4) is 0 Å². The van der Waals surface area contributed by atoms with Crippen LogP contribution in [0.4, 0.5) is 15.8 Å². The van der Waals surface area contributed by atoms with Gasteiger partial charge in [-0.25, -0.2) is 9.37 Å². The molecule has 0 amide bonds. The minimum absolute atomic E-state index is 0.170. The molecular formula is C16H14FN3O2S. The Labute approximate surface area is 136 Å². The van der Waals surface area contributed by atoms with Gasteiger partial charge in [0, 0.05) is 7.05 Å². The van der Waals surface area contributed by atoms with Gasteiger partial charge in [-0.1, -0.05) is 12.1 Å². The van der Waals surface area contributed by atoms with Crippen molar-refractivity contribution in [2.75, 3.05) is 11.9 Å². The molecular weight excluding hydrogens is 317 g/mol. The SMILES string of the molecule is C[C@@H](c1nc2ccccc2s1)N(C)c1ccc(F)cc1[N+](=O)[O-]. The molecule has 23 heavy (non-hydrogen) atoms. The highest BCUT2D eigenvalue weighted by Crippen LogP contribution is 2.35. The lowest BCUT2D eigenvalue weighted by Gasteiger charge is -2.25. The molecule has 0 aliphatic rings. The fourth-order valence-corrected chi connectivity index (χ4v) is 3.45. The van der Waals surface area contributed by atoms with Gasteiger partial charge >= 0.3 is 0 Å². The van der Waals surface area contributed by atoms with E-state index < -0.39 is 10.7 Å². The molecule has 7 heteroatoms. The van der Waals surface area contributed by atoms with Crippen molar-refractivity contribution in [2.24, 2.45) is 0 Å². The zero-order valence-corrected chi connectivity index (χ0v) is 13.4. The molecule has 0 radical (unpaired) electrons. The number of aromatic nitrogens is 1. The minimum atomic E-state index is -0.624. The average molecular weight is 331 g/mol. The number of halogens is 1. The van der Waals surface area contributed by atoms with Crippen LogP contribution in [0.25, 0.3) is 10.2 Å². The first-order chi connectivity index (χ1) is 11.0. The number of thiazole rings is 1. The molecule has 0 N–H and O–H groups in total. The minimum Gasteiger partial charge on any atom is -0.360 e. The summed E-state index contributed by atoms with van der Waals surface area (Å²) in [7, 11) is 1.75. The van der Waals surface area contributed by atoms with Crippen LogP contribution in [0.1, 0.15) is 18.0 Å². The maximum atomic E-state index is 13.3. The van der Waals surface area contributed by atoms with E-state index in [2.05, 4.69) is 4.98 Å². The highest BCUT2D eigenvalue weighted by molar-refractivity contribution is 7.18. The standard InChI is InChI=1S/C16H14FN3O2S/c1-10(16-18-12-5-3-4-6-15(12)23-16)19(2)13-8-7-11(17)9-14(13)20(21)22/h3-10H,1-2H3/t10-/m0/s1. The molecule has 0 aliphatic heterocycles. The molecule has 1 heterocycles. The van der Waals surface area contributed by atoms with E-state index in [1.54, 1.807) is 23.3 Å². The van der Waals surface area contributed by atoms with Gasteiger partial charge in [-0.3, -0.25) is 10.1 Å². The van der Waals surface area contributed by atoms with Crippen molar-refractivity contribution in [1.82, 2.24) is 4.98 Å². The lowest BCUT2D eigenvalue weighted by Crippen LogP contribution is -2.22. The molecule has 5 nitrogen and oxygen atoms in total. The highest BCUT2D eigenvalue weighted by atomic mass is 32.1. The number of nitro benzene ring substituents is 1. The van der Waals surface area contributed by atoms with Crippen LogP contribution in [0, 0.1) is 15.9 Å². The first kappa shape index (κ1) is 15.4. The number of rotatable bonds is 4. The van der Waals surface area contributed by atoms with Gasteiger partial charge in [0.05, 0.1) is 27.2 Å². The summed E-state index contributed by atoms with van der Waals surface area (Å²) < 4.78 is 14.4. The lowest BCUT2D eigenvalue weighted by atomic mass is 10.2. The smallest absolute Gasteiger partial charge is 0.295 e. The molecule has 2 aromatic carbocycles. The van der Waals surface area contributed by atoms with Crippen LogP contribution in [0.2, 0.25) is 0 Å². The van der Waals surface area contributed by atoms with Gasteiger partial charge in [0.1, 0.15) is 16.5 Å². The Morgan fingerprint density at radius 2 is 2.04 bits per heavy atom. The second kappa shape index (κ2) is 5.92. The molecule has 118 valence electrons. The number of nitro groups is 1. The normalized spacial score (nSPS) is 12.3. The van der Waals surface area contributed by atoms with E-state index in [-0.39, 0.29) is 11.7 Å². The van der Waals surface area contributed by atoms with Gasteiger partial charge in [-0.2, -0.15) is 0 Å². The van der Waals surface area contributed by atoms with E-state index in [1.165, 1.54) is 12.1 Å². The lowest BCUT2D eigenvalue weighted by molar-refractivity contribution is -0.384. The number of benzene rings is 2. The summed E-state index contributed by atoms with van der Waals surface area (Å²) in [6.45, 7) is 1.92. The predicted molar refractivity (Wildman–Crippen MR) is 89.5 cm³/mol. The van der Waals surface area contributed by atoms with Crippen molar-refractivity contribution in [2.45, 2.75) is 13.0 Å². The van der Waals surface area contributed by atoms with Crippen LogP contribution in [0.5, 0.6) is 0 Å². The monoisotopic (exact) mass is 331 g/mol. The zero-order valence-electron chi connectivity index (χ0n) is 12.6. The number of nitrogens with zero attached hydrogens (tertiary/aromatic N) is 3. The van der Waals surface area contributed by atoms with E-state index >= 15 is 0 Å². The third-order valence-corrected chi connectivity index (χ3v) is 4.97. The maximum Gasteiger partial charge on any atom is 0.295 e. The van der Waals surface area contributed by atoms with E-state index in [9.17, 15) is 14.5 Å². The van der Waals surface area contributed by atoms with Gasteiger partial charge in [0.2, 0.25) is 0 Å². The summed E-state index contributed by atoms with van der Waals surface area (Å²) >= 11 is 1.55. The first-order valence-electron chi connectivity index (χ1n) is 6.99. The molecule has 3 aromatic rings. The van der Waals surface area contributed by atoms with Crippen molar-refractivity contribution >= 4 is 32.9 Å². The summed E-state index contributed by atoms with van der Waals surface area (Å²) in [6, 6.07) is 11.2. The number of hydrogen-bond donors (Lipinski definition) is 0. The highest BCUT2D eigenvalue weighted by Gasteiger charge is 2.24. The molecule has 0 unspecified atom stereocenters. The van der Waals surface area contributed by atoms with Gasteiger partial charge in [0.25, 0.3) is 5.69 Å². The Bertz CT molecular complexity index is 848. The van der Waals surface area contributed by atoms with Crippen molar-refractivity contribution in [1.29, 1.82) is 0 Å². The topological polar surface area (TPSA) is 59.3 Å². The third-order valence-electron chi connectivity index (χ3n) is 3.76. The van der Waals surface area contributed by atoms with Crippen molar-refractivity contribution in [3.63, 3.8) is 0 Å².